The fraction of sp³-hybridized carbons (Fsp3) is 0.682. The maximum absolute atomic E-state index is 11.4. The monoisotopic (exact) mass is 430 g/mol. The molecule has 3 heterocycles. The summed E-state index contributed by atoms with van der Waals surface area (Å²) in [4.78, 5) is 11.9. The van der Waals surface area contributed by atoms with Crippen LogP contribution in [0.1, 0.15) is 44.4 Å². The van der Waals surface area contributed by atoms with Gasteiger partial charge in [-0.3, -0.25) is 4.21 Å². The summed E-state index contributed by atoms with van der Waals surface area (Å²) in [5.41, 5.74) is 0. The zero-order chi connectivity index (χ0) is 20.5. The number of aromatic nitrogens is 3. The van der Waals surface area contributed by atoms with E-state index in [1.165, 1.54) is 32.1 Å². The Morgan fingerprint density at radius 3 is 2.77 bits per heavy atom. The number of pyridine rings is 1. The third-order valence-electron chi connectivity index (χ3n) is 6.80. The molecular formula is C22H30N4O3S. The number of rotatable bonds is 9. The lowest BCUT2D eigenvalue weighted by Gasteiger charge is -2.31. The standard InChI is InChI=1S/C22H30N4O3S/c1-30(27)18-4-5-20(23-14-18)28-11-8-17-13-19(17)16-6-9-26(10-7-16)22-24-21(29-25-22)12-15-2-3-15/h4-5,14-17,19H,2-3,6-13H2,1H3. The Morgan fingerprint density at radius 1 is 1.23 bits per heavy atom. The van der Waals surface area contributed by atoms with Crippen LogP contribution in [0.3, 0.4) is 0 Å². The first-order valence-corrected chi connectivity index (χ1v) is 12.7. The first kappa shape index (κ1) is 20.0. The molecule has 3 atom stereocenters. The topological polar surface area (TPSA) is 81.4 Å². The Morgan fingerprint density at radius 2 is 2.07 bits per heavy atom. The van der Waals surface area contributed by atoms with E-state index in [0.29, 0.717) is 12.5 Å². The predicted molar refractivity (Wildman–Crippen MR) is 114 cm³/mol. The Kier molecular flexibility index (Phi) is 5.76. The third kappa shape index (κ3) is 4.85. The van der Waals surface area contributed by atoms with E-state index >= 15 is 0 Å². The lowest BCUT2D eigenvalue weighted by Crippen LogP contribution is -2.35. The van der Waals surface area contributed by atoms with E-state index < -0.39 is 10.8 Å². The van der Waals surface area contributed by atoms with E-state index in [0.717, 1.165) is 66.3 Å². The van der Waals surface area contributed by atoms with Crippen molar-refractivity contribution in [2.24, 2.45) is 23.7 Å². The van der Waals surface area contributed by atoms with Crippen molar-refractivity contribution in [3.8, 4) is 5.88 Å². The van der Waals surface area contributed by atoms with Crippen molar-refractivity contribution in [2.75, 3.05) is 30.9 Å². The highest BCUT2D eigenvalue weighted by atomic mass is 32.2. The number of anilines is 1. The summed E-state index contributed by atoms with van der Waals surface area (Å²) in [5.74, 6) is 5.41. The largest absolute Gasteiger partial charge is 0.478 e. The van der Waals surface area contributed by atoms with Gasteiger partial charge in [0.1, 0.15) is 0 Å². The minimum absolute atomic E-state index is 0.621. The van der Waals surface area contributed by atoms with Crippen molar-refractivity contribution in [1.29, 1.82) is 0 Å². The Bertz CT molecular complexity index is 875. The maximum atomic E-state index is 11.4. The van der Waals surface area contributed by atoms with E-state index in [2.05, 4.69) is 20.0 Å². The molecule has 0 spiro atoms. The smallest absolute Gasteiger partial charge is 0.266 e. The van der Waals surface area contributed by atoms with Crippen molar-refractivity contribution in [3.05, 3.63) is 24.2 Å². The molecule has 5 rings (SSSR count). The van der Waals surface area contributed by atoms with Crippen LogP contribution in [0.4, 0.5) is 5.95 Å². The lowest BCUT2D eigenvalue weighted by atomic mass is 9.90. The van der Waals surface area contributed by atoms with Crippen LogP contribution < -0.4 is 9.64 Å². The molecule has 0 amide bonds. The summed E-state index contributed by atoms with van der Waals surface area (Å²) in [7, 11) is -0.997. The van der Waals surface area contributed by atoms with Gasteiger partial charge >= 0.3 is 0 Å². The van der Waals surface area contributed by atoms with Gasteiger partial charge in [-0.25, -0.2) is 4.98 Å². The summed E-state index contributed by atoms with van der Waals surface area (Å²) < 4.78 is 22.6. The van der Waals surface area contributed by atoms with E-state index in [-0.39, 0.29) is 0 Å². The molecule has 30 heavy (non-hydrogen) atoms. The van der Waals surface area contributed by atoms with Crippen LogP contribution in [-0.4, -0.2) is 45.3 Å². The van der Waals surface area contributed by atoms with Crippen LogP contribution in [0.2, 0.25) is 0 Å². The van der Waals surface area contributed by atoms with Gasteiger partial charge in [0.2, 0.25) is 11.8 Å². The molecule has 162 valence electrons. The number of ether oxygens (including phenoxy) is 1. The summed E-state index contributed by atoms with van der Waals surface area (Å²) in [6, 6.07) is 3.63. The summed E-state index contributed by atoms with van der Waals surface area (Å²) in [5, 5.41) is 4.21. The van der Waals surface area contributed by atoms with Gasteiger partial charge < -0.3 is 14.2 Å². The molecule has 0 N–H and O–H groups in total. The Balaban J connectivity index is 1.02. The van der Waals surface area contributed by atoms with Crippen LogP contribution in [0.15, 0.2) is 27.7 Å². The highest BCUT2D eigenvalue weighted by Crippen LogP contribution is 2.49. The molecule has 0 bridgehead atoms. The molecule has 0 radical (unpaired) electrons. The van der Waals surface area contributed by atoms with Gasteiger partial charge in [0, 0.05) is 38.0 Å². The third-order valence-corrected chi connectivity index (χ3v) is 7.71. The zero-order valence-electron chi connectivity index (χ0n) is 17.5. The van der Waals surface area contributed by atoms with E-state index in [1.807, 2.05) is 12.1 Å². The van der Waals surface area contributed by atoms with Gasteiger partial charge in [0.25, 0.3) is 5.95 Å². The first-order chi connectivity index (χ1) is 14.7. The van der Waals surface area contributed by atoms with Gasteiger partial charge in [0.15, 0.2) is 0 Å². The summed E-state index contributed by atoms with van der Waals surface area (Å²) >= 11 is 0. The van der Waals surface area contributed by atoms with Crippen molar-refractivity contribution in [2.45, 2.75) is 49.8 Å². The van der Waals surface area contributed by atoms with Gasteiger partial charge in [-0.1, -0.05) is 0 Å². The van der Waals surface area contributed by atoms with Crippen LogP contribution in [-0.2, 0) is 17.2 Å². The highest BCUT2D eigenvalue weighted by Gasteiger charge is 2.43. The molecule has 3 aliphatic rings. The lowest BCUT2D eigenvalue weighted by molar-refractivity contribution is 0.275. The number of piperidine rings is 1. The van der Waals surface area contributed by atoms with Gasteiger partial charge in [0.05, 0.1) is 22.3 Å². The van der Waals surface area contributed by atoms with Gasteiger partial charge in [-0.15, -0.1) is 0 Å². The zero-order valence-corrected chi connectivity index (χ0v) is 18.4. The average Bonchev–Trinajstić information content (AvgIpc) is 3.67. The number of hydrogen-bond donors (Lipinski definition) is 0. The minimum atomic E-state index is -0.997. The molecule has 3 fully saturated rings. The average molecular weight is 431 g/mol. The SMILES string of the molecule is CS(=O)c1ccc(OCCC2CC2C2CCN(c3noc(CC4CC4)n3)CC2)nc1. The highest BCUT2D eigenvalue weighted by molar-refractivity contribution is 7.84. The van der Waals surface area contributed by atoms with Crippen molar-refractivity contribution in [3.63, 3.8) is 0 Å². The second-order valence-corrected chi connectivity index (χ2v) is 10.4. The molecule has 3 unspecified atom stereocenters. The molecule has 0 aromatic carbocycles. The van der Waals surface area contributed by atoms with Crippen LogP contribution in [0, 0.1) is 23.7 Å². The predicted octanol–water partition coefficient (Wildman–Crippen LogP) is 3.48. The first-order valence-electron chi connectivity index (χ1n) is 11.2. The molecule has 2 saturated carbocycles. The van der Waals surface area contributed by atoms with E-state index in [4.69, 9.17) is 9.26 Å². The van der Waals surface area contributed by atoms with Crippen LogP contribution >= 0.6 is 0 Å². The Hall–Kier alpha value is -1.96. The van der Waals surface area contributed by atoms with Crippen LogP contribution in [0.25, 0.3) is 0 Å². The molecule has 1 aliphatic heterocycles. The number of hydrogen-bond acceptors (Lipinski definition) is 7. The molecule has 2 aromatic rings. The van der Waals surface area contributed by atoms with Crippen molar-refractivity contribution in [1.82, 2.24) is 15.1 Å². The summed E-state index contributed by atoms with van der Waals surface area (Å²) in [6.07, 6.45) is 11.7. The second-order valence-electron chi connectivity index (χ2n) is 9.04. The van der Waals surface area contributed by atoms with Crippen LogP contribution in [0.5, 0.6) is 5.88 Å². The second kappa shape index (κ2) is 8.65. The fourth-order valence-corrected chi connectivity index (χ4v) is 5.13. The van der Waals surface area contributed by atoms with Gasteiger partial charge in [-0.05, 0) is 73.4 Å². The maximum Gasteiger partial charge on any atom is 0.266 e. The summed E-state index contributed by atoms with van der Waals surface area (Å²) in [6.45, 7) is 2.76. The Labute approximate surface area is 180 Å². The molecule has 2 aromatic heterocycles. The normalized spacial score (nSPS) is 25.3. The van der Waals surface area contributed by atoms with E-state index in [1.54, 1.807) is 12.5 Å². The van der Waals surface area contributed by atoms with Crippen molar-refractivity contribution >= 4 is 16.7 Å². The number of nitrogens with zero attached hydrogens (tertiary/aromatic N) is 4. The molecule has 8 heteroatoms. The molecule has 2 aliphatic carbocycles. The van der Waals surface area contributed by atoms with Gasteiger partial charge in [-0.2, -0.15) is 4.98 Å². The molecular weight excluding hydrogens is 400 g/mol. The fourth-order valence-electron chi connectivity index (χ4n) is 4.67. The quantitative estimate of drug-likeness (QED) is 0.602. The van der Waals surface area contributed by atoms with Crippen molar-refractivity contribution < 1.29 is 13.5 Å². The molecule has 7 nitrogen and oxygen atoms in total. The molecule has 1 saturated heterocycles. The minimum Gasteiger partial charge on any atom is -0.478 e. The van der Waals surface area contributed by atoms with E-state index in [9.17, 15) is 4.21 Å².